The zero-order chi connectivity index (χ0) is 31.5. The molecule has 1 heterocycles. The molecule has 0 amide bonds. The summed E-state index contributed by atoms with van der Waals surface area (Å²) in [5.74, 6) is 6.37. The van der Waals surface area contributed by atoms with Gasteiger partial charge in [-0.2, -0.15) is 22.0 Å². The summed E-state index contributed by atoms with van der Waals surface area (Å²) in [7, 11) is 0. The van der Waals surface area contributed by atoms with Crippen molar-refractivity contribution in [1.82, 2.24) is 20.2 Å². The first-order valence-corrected chi connectivity index (χ1v) is 13.3. The molecule has 0 saturated heterocycles. The van der Waals surface area contributed by atoms with Gasteiger partial charge in [0.15, 0.2) is 5.82 Å². The predicted molar refractivity (Wildman–Crippen MR) is 155 cm³/mol. The summed E-state index contributed by atoms with van der Waals surface area (Å²) in [4.78, 5) is 4.24. The highest BCUT2D eigenvalue weighted by atomic mass is 19.4. The molecule has 4 rings (SSSR count). The number of allylic oxidation sites excluding steroid dienone is 2. The van der Waals surface area contributed by atoms with Crippen molar-refractivity contribution in [3.8, 4) is 24.3 Å². The summed E-state index contributed by atoms with van der Waals surface area (Å²) >= 11 is 0. The highest BCUT2D eigenvalue weighted by Crippen LogP contribution is 2.37. The Labute approximate surface area is 243 Å². The van der Waals surface area contributed by atoms with Crippen LogP contribution in [-0.2, 0) is 0 Å². The summed E-state index contributed by atoms with van der Waals surface area (Å²) < 4.78 is 67.5. The fourth-order valence-corrected chi connectivity index (χ4v) is 4.05. The molecule has 0 fully saturated rings. The normalized spacial score (nSPS) is 15.1. The van der Waals surface area contributed by atoms with Crippen molar-refractivity contribution in [3.63, 3.8) is 0 Å². The van der Waals surface area contributed by atoms with E-state index in [9.17, 15) is 22.0 Å². The predicted octanol–water partition coefficient (Wildman–Crippen LogP) is 7.21. The third-order valence-corrected chi connectivity index (χ3v) is 6.34. The van der Waals surface area contributed by atoms with E-state index in [4.69, 9.17) is 5.84 Å². The Morgan fingerprint density at radius 3 is 2.31 bits per heavy atom. The molecule has 42 heavy (non-hydrogen) atoms. The van der Waals surface area contributed by atoms with Crippen molar-refractivity contribution >= 4 is 11.3 Å². The molecule has 1 aliphatic carbocycles. The maximum atomic E-state index is 12.9. The van der Waals surface area contributed by atoms with Crippen molar-refractivity contribution in [2.45, 2.75) is 65.2 Å². The lowest BCUT2D eigenvalue weighted by atomic mass is 9.91. The molecule has 1 aromatic heterocycles. The largest absolute Gasteiger partial charge is 0.499 e. The van der Waals surface area contributed by atoms with Crippen molar-refractivity contribution < 1.29 is 26.7 Å². The lowest BCUT2D eigenvalue weighted by Crippen LogP contribution is -2.41. The van der Waals surface area contributed by atoms with E-state index < -0.39 is 18.0 Å². The number of nitrogens with zero attached hydrogens (tertiary/aromatic N) is 3. The average molecular weight is 593 g/mol. The summed E-state index contributed by atoms with van der Waals surface area (Å²) in [6.45, 7) is 9.22. The van der Waals surface area contributed by atoms with Gasteiger partial charge >= 0.3 is 12.3 Å². The fourth-order valence-electron chi connectivity index (χ4n) is 4.05. The van der Waals surface area contributed by atoms with Gasteiger partial charge in [-0.15, -0.1) is 17.9 Å². The first-order chi connectivity index (χ1) is 19.8. The van der Waals surface area contributed by atoms with E-state index in [1.54, 1.807) is 0 Å². The van der Waals surface area contributed by atoms with Crippen molar-refractivity contribution in [2.75, 3.05) is 12.0 Å². The van der Waals surface area contributed by atoms with Crippen LogP contribution in [0, 0.1) is 25.7 Å². The first-order valence-electron chi connectivity index (χ1n) is 13.3. The second kappa shape index (κ2) is 15.3. The second-order valence-electron chi connectivity index (χ2n) is 10.0. The van der Waals surface area contributed by atoms with E-state index in [1.807, 2.05) is 0 Å². The van der Waals surface area contributed by atoms with Crippen LogP contribution in [0.25, 0.3) is 11.3 Å². The number of ether oxygens (including phenoxy) is 1. The summed E-state index contributed by atoms with van der Waals surface area (Å²) in [5.41, 5.74) is 7.86. The zero-order valence-electron chi connectivity index (χ0n) is 24.1. The average Bonchev–Trinajstić information content (AvgIpc) is 3.43. The molecule has 0 saturated carbocycles. The van der Waals surface area contributed by atoms with Gasteiger partial charge in [0.25, 0.3) is 0 Å². The van der Waals surface area contributed by atoms with Gasteiger partial charge in [0.1, 0.15) is 12.1 Å². The Morgan fingerprint density at radius 1 is 1.10 bits per heavy atom. The van der Waals surface area contributed by atoms with Gasteiger partial charge in [-0.3, -0.25) is 5.84 Å². The number of hydrogen-bond donors (Lipinski definition) is 3. The summed E-state index contributed by atoms with van der Waals surface area (Å²) in [6, 6.07) is 11.2. The second-order valence-corrected chi connectivity index (χ2v) is 10.0. The van der Waals surface area contributed by atoms with Crippen LogP contribution in [0.3, 0.4) is 0 Å². The van der Waals surface area contributed by atoms with Crippen LogP contribution in [0.15, 0.2) is 54.9 Å². The Morgan fingerprint density at radius 2 is 1.76 bits per heavy atom. The van der Waals surface area contributed by atoms with Crippen LogP contribution in [-0.4, -0.2) is 33.7 Å². The number of hydrogen-bond acceptors (Lipinski definition) is 6. The molecule has 0 aliphatic heterocycles. The molecular formula is C30H37F5N6O. The third kappa shape index (κ3) is 9.56. The van der Waals surface area contributed by atoms with E-state index in [1.165, 1.54) is 34.3 Å². The van der Waals surface area contributed by atoms with Crippen LogP contribution in [0.5, 0.6) is 5.75 Å². The zero-order valence-corrected chi connectivity index (χ0v) is 24.1. The highest BCUT2D eigenvalue weighted by molar-refractivity contribution is 5.60. The molecule has 1 atom stereocenters. The minimum atomic E-state index is -5.78. The van der Waals surface area contributed by atoms with Crippen molar-refractivity contribution in [1.29, 1.82) is 0 Å². The molecule has 228 valence electrons. The number of halogens is 5. The summed E-state index contributed by atoms with van der Waals surface area (Å²) in [6.07, 6.45) is 3.43. The van der Waals surface area contributed by atoms with Gasteiger partial charge in [0.05, 0.1) is 12.4 Å². The minimum Gasteiger partial charge on any atom is -0.426 e. The Balaban J connectivity index is 0.000000326. The quantitative estimate of drug-likeness (QED) is 0.0843. The van der Waals surface area contributed by atoms with E-state index in [2.05, 4.69) is 90.4 Å². The Kier molecular flexibility index (Phi) is 12.5. The number of terminal acetylenes is 1. The van der Waals surface area contributed by atoms with E-state index >= 15 is 0 Å². The van der Waals surface area contributed by atoms with Gasteiger partial charge in [0, 0.05) is 5.69 Å². The summed E-state index contributed by atoms with van der Waals surface area (Å²) in [5, 5.41) is 7.59. The molecule has 1 aliphatic rings. The van der Waals surface area contributed by atoms with Crippen LogP contribution in [0.2, 0.25) is 0 Å². The lowest BCUT2D eigenvalue weighted by Gasteiger charge is -2.20. The van der Waals surface area contributed by atoms with E-state index in [0.717, 1.165) is 42.7 Å². The topological polar surface area (TPSA) is 90.0 Å². The van der Waals surface area contributed by atoms with Crippen molar-refractivity contribution in [2.24, 2.45) is 11.8 Å². The molecular weight excluding hydrogens is 555 g/mol. The lowest BCUT2D eigenvalue weighted by molar-refractivity contribution is -0.360. The monoisotopic (exact) mass is 592 g/mol. The van der Waals surface area contributed by atoms with Crippen LogP contribution < -0.4 is 21.3 Å². The molecule has 0 spiro atoms. The van der Waals surface area contributed by atoms with Gasteiger partial charge in [0.2, 0.25) is 0 Å². The molecule has 3 aromatic rings. The van der Waals surface area contributed by atoms with Gasteiger partial charge < -0.3 is 10.1 Å². The van der Waals surface area contributed by atoms with Gasteiger partial charge in [-0.25, -0.2) is 15.1 Å². The van der Waals surface area contributed by atoms with Crippen LogP contribution in [0.1, 0.15) is 62.9 Å². The number of alkyl halides is 5. The van der Waals surface area contributed by atoms with Gasteiger partial charge in [-0.1, -0.05) is 39.0 Å². The standard InChI is InChI=1S/C17H16F5N3O.C11H19N3.C2H2/c1-11-2-4-12(5-3-11)15-23-10-25(24-15)13-6-8-14(9-7-13)26-17(21,22)16(18,19)20;1-8(2)10-5-4-9(3)6-11(10)13-7-14-12;1-2/h4,6-11H,2-3,5H2,1H3;4-6,8,13-14H,7,12H2,1-3H3;1-2H. The molecule has 0 bridgehead atoms. The number of hydrazine groups is 1. The maximum absolute atomic E-state index is 12.9. The van der Waals surface area contributed by atoms with E-state index in [-0.39, 0.29) is 0 Å². The van der Waals surface area contributed by atoms with Crippen LogP contribution in [0.4, 0.5) is 27.6 Å². The van der Waals surface area contributed by atoms with E-state index in [0.29, 0.717) is 30.0 Å². The number of aromatic nitrogens is 3. The molecule has 4 N–H and O–H groups in total. The van der Waals surface area contributed by atoms with Crippen molar-refractivity contribution in [3.05, 3.63) is 71.8 Å². The maximum Gasteiger partial charge on any atom is 0.499 e. The minimum absolute atomic E-state index is 0.469. The Bertz CT molecular complexity index is 1320. The molecule has 12 heteroatoms. The molecule has 2 aromatic carbocycles. The SMILES string of the molecule is C#C.CC1CC=C(c2ncn(-c3ccc(OC(F)(F)C(F)(F)F)cc3)n2)CC1.Cc1ccc(C(C)C)c(NCNN)c1. The smallest absolute Gasteiger partial charge is 0.426 e. The molecule has 7 nitrogen and oxygen atoms in total. The first kappa shape index (κ1) is 34.3. The Hall–Kier alpha value is -3.95. The number of nitrogens with one attached hydrogen (secondary N) is 2. The van der Waals surface area contributed by atoms with Crippen LogP contribution >= 0.6 is 0 Å². The highest BCUT2D eigenvalue weighted by Gasteiger charge is 2.61. The fraction of sp³-hybridized carbons (Fsp3) is 0.400. The molecule has 0 radical (unpaired) electrons. The number of aryl methyl sites for hydroxylation is 1. The number of rotatable bonds is 8. The number of nitrogens with two attached hydrogens (primary N) is 1. The number of anilines is 1. The number of benzene rings is 2. The van der Waals surface area contributed by atoms with Gasteiger partial charge in [-0.05, 0) is 85.1 Å². The molecule has 1 unspecified atom stereocenters. The third-order valence-electron chi connectivity index (χ3n) is 6.34.